The Morgan fingerprint density at radius 2 is 1.94 bits per heavy atom. The van der Waals surface area contributed by atoms with Gasteiger partial charge in [-0.1, -0.05) is 12.1 Å². The number of rotatable bonds is 6. The molecule has 5 heteroatoms. The van der Waals surface area contributed by atoms with Crippen LogP contribution in [-0.2, 0) is 10.9 Å². The Kier molecular flexibility index (Phi) is 4.11. The molecule has 1 aromatic rings. The van der Waals surface area contributed by atoms with E-state index in [0.717, 1.165) is 12.7 Å². The molecule has 0 radical (unpaired) electrons. The summed E-state index contributed by atoms with van der Waals surface area (Å²) in [6.07, 6.45) is -1.90. The maximum absolute atomic E-state index is 12.7. The van der Waals surface area contributed by atoms with E-state index < -0.39 is 11.7 Å². The molecule has 0 aliphatic heterocycles. The molecule has 1 aliphatic carbocycles. The van der Waals surface area contributed by atoms with Gasteiger partial charge < -0.3 is 10.1 Å². The first-order valence-electron chi connectivity index (χ1n) is 6.05. The molecular weight excluding hydrogens is 243 g/mol. The molecule has 0 bridgehead atoms. The van der Waals surface area contributed by atoms with Crippen molar-refractivity contribution in [2.24, 2.45) is 5.92 Å². The van der Waals surface area contributed by atoms with Gasteiger partial charge >= 0.3 is 6.18 Å². The summed E-state index contributed by atoms with van der Waals surface area (Å²) in [5.74, 6) is 0.674. The second kappa shape index (κ2) is 5.61. The number of anilines is 1. The molecule has 1 saturated carbocycles. The number of hydrogen-bond donors (Lipinski definition) is 1. The molecule has 0 saturated heterocycles. The van der Waals surface area contributed by atoms with Crippen LogP contribution in [0.3, 0.4) is 0 Å². The second-order valence-electron chi connectivity index (χ2n) is 4.49. The Labute approximate surface area is 104 Å². The van der Waals surface area contributed by atoms with Gasteiger partial charge in [0.2, 0.25) is 0 Å². The van der Waals surface area contributed by atoms with Crippen molar-refractivity contribution in [2.45, 2.75) is 19.0 Å². The Balaban J connectivity index is 1.80. The van der Waals surface area contributed by atoms with Crippen LogP contribution in [0.15, 0.2) is 24.3 Å². The fourth-order valence-electron chi connectivity index (χ4n) is 1.68. The molecule has 0 heterocycles. The van der Waals surface area contributed by atoms with E-state index in [-0.39, 0.29) is 5.69 Å². The fourth-order valence-corrected chi connectivity index (χ4v) is 1.68. The molecule has 0 amide bonds. The summed E-state index contributed by atoms with van der Waals surface area (Å²) in [5.41, 5.74) is -0.521. The van der Waals surface area contributed by atoms with E-state index in [0.29, 0.717) is 19.1 Å². The van der Waals surface area contributed by atoms with Gasteiger partial charge in [-0.2, -0.15) is 13.2 Å². The van der Waals surface area contributed by atoms with Crippen LogP contribution < -0.4 is 5.32 Å². The van der Waals surface area contributed by atoms with E-state index in [1.807, 2.05) is 0 Å². The first-order chi connectivity index (χ1) is 8.57. The molecule has 100 valence electrons. The normalized spacial score (nSPS) is 15.7. The lowest BCUT2D eigenvalue weighted by atomic mass is 10.1. The number of ether oxygens (including phenoxy) is 1. The molecule has 0 atom stereocenters. The zero-order valence-corrected chi connectivity index (χ0v) is 9.96. The Morgan fingerprint density at radius 1 is 1.22 bits per heavy atom. The Morgan fingerprint density at radius 3 is 2.61 bits per heavy atom. The van der Waals surface area contributed by atoms with Crippen molar-refractivity contribution in [2.75, 3.05) is 25.1 Å². The number of hydrogen-bond acceptors (Lipinski definition) is 2. The van der Waals surface area contributed by atoms with E-state index in [2.05, 4.69) is 5.32 Å². The van der Waals surface area contributed by atoms with Gasteiger partial charge in [0.05, 0.1) is 12.2 Å². The van der Waals surface area contributed by atoms with Crippen molar-refractivity contribution in [3.05, 3.63) is 29.8 Å². The molecule has 1 N–H and O–H groups in total. The summed E-state index contributed by atoms with van der Waals surface area (Å²) in [5, 5.41) is 2.77. The standard InChI is InChI=1S/C13H16F3NO/c14-13(15,16)11-3-1-2-4-12(11)17-7-8-18-9-10-5-6-10/h1-4,10,17H,5-9H2. The molecule has 18 heavy (non-hydrogen) atoms. The van der Waals surface area contributed by atoms with Gasteiger partial charge in [-0.25, -0.2) is 0 Å². The van der Waals surface area contributed by atoms with Gasteiger partial charge in [-0.05, 0) is 30.9 Å². The molecule has 0 spiro atoms. The van der Waals surface area contributed by atoms with E-state index >= 15 is 0 Å². The van der Waals surface area contributed by atoms with Gasteiger partial charge in [0, 0.05) is 18.8 Å². The van der Waals surface area contributed by atoms with Gasteiger partial charge in [0.25, 0.3) is 0 Å². The molecule has 0 aromatic heterocycles. The van der Waals surface area contributed by atoms with E-state index in [1.165, 1.54) is 25.0 Å². The van der Waals surface area contributed by atoms with Crippen molar-refractivity contribution >= 4 is 5.69 Å². The highest BCUT2D eigenvalue weighted by molar-refractivity contribution is 5.52. The van der Waals surface area contributed by atoms with Crippen molar-refractivity contribution in [3.8, 4) is 0 Å². The third kappa shape index (κ3) is 3.91. The monoisotopic (exact) mass is 259 g/mol. The van der Waals surface area contributed by atoms with Crippen LogP contribution in [0.1, 0.15) is 18.4 Å². The summed E-state index contributed by atoms with van der Waals surface area (Å²) in [6.45, 7) is 1.55. The lowest BCUT2D eigenvalue weighted by molar-refractivity contribution is -0.137. The van der Waals surface area contributed by atoms with Gasteiger partial charge in [0.1, 0.15) is 0 Å². The molecule has 1 fully saturated rings. The molecule has 1 aromatic carbocycles. The first-order valence-corrected chi connectivity index (χ1v) is 6.05. The zero-order chi connectivity index (χ0) is 13.0. The molecular formula is C13H16F3NO. The van der Waals surface area contributed by atoms with Crippen LogP contribution in [-0.4, -0.2) is 19.8 Å². The van der Waals surface area contributed by atoms with Crippen LogP contribution in [0.2, 0.25) is 0 Å². The van der Waals surface area contributed by atoms with Crippen LogP contribution >= 0.6 is 0 Å². The van der Waals surface area contributed by atoms with Gasteiger partial charge in [-0.15, -0.1) is 0 Å². The third-order valence-corrected chi connectivity index (χ3v) is 2.84. The molecule has 2 rings (SSSR count). The minimum atomic E-state index is -4.32. The number of benzene rings is 1. The van der Waals surface area contributed by atoms with E-state index in [1.54, 1.807) is 6.07 Å². The third-order valence-electron chi connectivity index (χ3n) is 2.84. The Hall–Kier alpha value is -1.23. The predicted molar refractivity (Wildman–Crippen MR) is 63.5 cm³/mol. The maximum Gasteiger partial charge on any atom is 0.418 e. The van der Waals surface area contributed by atoms with Crippen LogP contribution in [0.5, 0.6) is 0 Å². The summed E-state index contributed by atoms with van der Waals surface area (Å²) in [4.78, 5) is 0. The van der Waals surface area contributed by atoms with Crippen molar-refractivity contribution in [3.63, 3.8) is 0 Å². The van der Waals surface area contributed by atoms with Crippen LogP contribution in [0.4, 0.5) is 18.9 Å². The fraction of sp³-hybridized carbons (Fsp3) is 0.538. The Bertz CT molecular complexity index is 388. The highest BCUT2D eigenvalue weighted by Crippen LogP contribution is 2.34. The molecule has 0 unspecified atom stereocenters. The number of alkyl halides is 3. The maximum atomic E-state index is 12.7. The summed E-state index contributed by atoms with van der Waals surface area (Å²) in [6, 6.07) is 5.48. The highest BCUT2D eigenvalue weighted by atomic mass is 19.4. The van der Waals surface area contributed by atoms with Crippen molar-refractivity contribution in [1.29, 1.82) is 0 Å². The van der Waals surface area contributed by atoms with E-state index in [9.17, 15) is 13.2 Å². The minimum absolute atomic E-state index is 0.111. The van der Waals surface area contributed by atoms with Crippen molar-refractivity contribution < 1.29 is 17.9 Å². The predicted octanol–water partition coefficient (Wildman–Crippen LogP) is 3.54. The lowest BCUT2D eigenvalue weighted by Gasteiger charge is -2.14. The number of para-hydroxylation sites is 1. The minimum Gasteiger partial charge on any atom is -0.382 e. The highest BCUT2D eigenvalue weighted by Gasteiger charge is 2.32. The van der Waals surface area contributed by atoms with E-state index in [4.69, 9.17) is 4.74 Å². The SMILES string of the molecule is FC(F)(F)c1ccccc1NCCOCC1CC1. The first kappa shape index (κ1) is 13.2. The van der Waals surface area contributed by atoms with Crippen LogP contribution in [0.25, 0.3) is 0 Å². The van der Waals surface area contributed by atoms with Gasteiger partial charge in [-0.3, -0.25) is 0 Å². The summed E-state index contributed by atoms with van der Waals surface area (Å²) < 4.78 is 43.4. The smallest absolute Gasteiger partial charge is 0.382 e. The zero-order valence-electron chi connectivity index (χ0n) is 9.96. The second-order valence-corrected chi connectivity index (χ2v) is 4.49. The average Bonchev–Trinajstić information content (AvgIpc) is 3.12. The molecule has 2 nitrogen and oxygen atoms in total. The topological polar surface area (TPSA) is 21.3 Å². The van der Waals surface area contributed by atoms with Crippen molar-refractivity contribution in [1.82, 2.24) is 0 Å². The lowest BCUT2D eigenvalue weighted by Crippen LogP contribution is -2.15. The average molecular weight is 259 g/mol. The van der Waals surface area contributed by atoms with Gasteiger partial charge in [0.15, 0.2) is 0 Å². The number of nitrogens with one attached hydrogen (secondary N) is 1. The van der Waals surface area contributed by atoms with Crippen LogP contribution in [0, 0.1) is 5.92 Å². The summed E-state index contributed by atoms with van der Waals surface area (Å²) in [7, 11) is 0. The number of halogens is 3. The quantitative estimate of drug-likeness (QED) is 0.789. The summed E-state index contributed by atoms with van der Waals surface area (Å²) >= 11 is 0. The largest absolute Gasteiger partial charge is 0.418 e. The molecule has 1 aliphatic rings.